The van der Waals surface area contributed by atoms with Gasteiger partial charge >= 0.3 is 5.97 Å². The van der Waals surface area contributed by atoms with Crippen molar-refractivity contribution < 1.29 is 9.53 Å². The quantitative estimate of drug-likeness (QED) is 0.847. The van der Waals surface area contributed by atoms with Crippen molar-refractivity contribution in [3.8, 4) is 0 Å². The van der Waals surface area contributed by atoms with E-state index in [0.29, 0.717) is 24.6 Å². The molecule has 0 atom stereocenters. The fourth-order valence-corrected chi connectivity index (χ4v) is 1.99. The molecular weight excluding hydrogens is 293 g/mol. The van der Waals surface area contributed by atoms with Crippen molar-refractivity contribution in [3.05, 3.63) is 27.7 Å². The molecule has 5 heteroatoms. The molecular formula is C11H13BrClNO2. The van der Waals surface area contributed by atoms with Gasteiger partial charge in [-0.2, -0.15) is 0 Å². The lowest BCUT2D eigenvalue weighted by Gasteiger charge is -2.08. The average molecular weight is 307 g/mol. The summed E-state index contributed by atoms with van der Waals surface area (Å²) in [6.45, 7) is 2.75. The van der Waals surface area contributed by atoms with Crippen molar-refractivity contribution in [2.45, 2.75) is 13.3 Å². The molecule has 0 heterocycles. The van der Waals surface area contributed by atoms with Crippen LogP contribution in [-0.2, 0) is 9.53 Å². The Hall–Kier alpha value is -0.740. The number of benzene rings is 1. The highest BCUT2D eigenvalue weighted by atomic mass is 79.9. The monoisotopic (exact) mass is 305 g/mol. The summed E-state index contributed by atoms with van der Waals surface area (Å²) in [6.07, 6.45) is 0.350. The highest BCUT2D eigenvalue weighted by Gasteiger charge is 2.03. The highest BCUT2D eigenvalue weighted by Crippen LogP contribution is 2.25. The zero-order valence-electron chi connectivity index (χ0n) is 8.93. The predicted octanol–water partition coefficient (Wildman–Crippen LogP) is 3.47. The molecule has 0 spiro atoms. The van der Waals surface area contributed by atoms with E-state index < -0.39 is 0 Å². The molecule has 0 amide bonds. The third-order valence-electron chi connectivity index (χ3n) is 1.88. The van der Waals surface area contributed by atoms with Gasteiger partial charge in [0.15, 0.2) is 0 Å². The Kier molecular flexibility index (Phi) is 5.63. The zero-order chi connectivity index (χ0) is 12.0. The van der Waals surface area contributed by atoms with E-state index in [1.807, 2.05) is 6.07 Å². The first-order chi connectivity index (χ1) is 7.63. The zero-order valence-corrected chi connectivity index (χ0v) is 11.3. The molecule has 88 valence electrons. The molecule has 1 N–H and O–H groups in total. The maximum absolute atomic E-state index is 11.1. The number of ether oxygens (including phenoxy) is 1. The lowest BCUT2D eigenvalue weighted by molar-refractivity contribution is -0.142. The van der Waals surface area contributed by atoms with Crippen LogP contribution in [0.5, 0.6) is 0 Å². The average Bonchev–Trinajstić information content (AvgIpc) is 2.22. The summed E-state index contributed by atoms with van der Waals surface area (Å²) in [4.78, 5) is 11.1. The van der Waals surface area contributed by atoms with Crippen LogP contribution in [0.15, 0.2) is 22.7 Å². The third kappa shape index (κ3) is 4.41. The third-order valence-corrected chi connectivity index (χ3v) is 2.77. The second kappa shape index (κ2) is 6.76. The topological polar surface area (TPSA) is 38.3 Å². The molecule has 0 aliphatic rings. The molecule has 1 rings (SSSR count). The lowest BCUT2D eigenvalue weighted by atomic mass is 10.3. The van der Waals surface area contributed by atoms with Crippen LogP contribution >= 0.6 is 27.5 Å². The fourth-order valence-electron chi connectivity index (χ4n) is 1.17. The molecule has 0 radical (unpaired) electrons. The van der Waals surface area contributed by atoms with E-state index >= 15 is 0 Å². The first kappa shape index (κ1) is 13.3. The molecule has 0 unspecified atom stereocenters. The number of rotatable bonds is 5. The van der Waals surface area contributed by atoms with Crippen molar-refractivity contribution in [2.75, 3.05) is 18.5 Å². The Morgan fingerprint density at radius 1 is 1.56 bits per heavy atom. The number of carbonyl (C=O) groups excluding carboxylic acids is 1. The molecule has 0 saturated heterocycles. The maximum atomic E-state index is 11.1. The molecule has 1 aromatic rings. The maximum Gasteiger partial charge on any atom is 0.307 e. The highest BCUT2D eigenvalue weighted by molar-refractivity contribution is 9.10. The number of esters is 1. The summed E-state index contributed by atoms with van der Waals surface area (Å²) in [5.74, 6) is -0.194. The van der Waals surface area contributed by atoms with Gasteiger partial charge in [-0.15, -0.1) is 0 Å². The van der Waals surface area contributed by atoms with Crippen LogP contribution in [0.1, 0.15) is 13.3 Å². The molecule has 0 fully saturated rings. The summed E-state index contributed by atoms with van der Waals surface area (Å²) in [7, 11) is 0. The number of halogens is 2. The summed E-state index contributed by atoms with van der Waals surface area (Å²) < 4.78 is 5.70. The minimum atomic E-state index is -0.194. The number of hydrogen-bond acceptors (Lipinski definition) is 3. The van der Waals surface area contributed by atoms with Gasteiger partial charge in [0.25, 0.3) is 0 Å². The van der Waals surface area contributed by atoms with Gasteiger partial charge < -0.3 is 10.1 Å². The van der Waals surface area contributed by atoms with Crippen LogP contribution in [-0.4, -0.2) is 19.1 Å². The standard InChI is InChI=1S/C11H13BrClNO2/c1-2-16-11(15)5-6-14-10-4-3-8(13)7-9(10)12/h3-4,7,14H,2,5-6H2,1H3. The largest absolute Gasteiger partial charge is 0.466 e. The summed E-state index contributed by atoms with van der Waals surface area (Å²) in [6, 6.07) is 5.45. The van der Waals surface area contributed by atoms with Crippen molar-refractivity contribution >= 4 is 39.2 Å². The van der Waals surface area contributed by atoms with Crippen LogP contribution in [0.4, 0.5) is 5.69 Å². The SMILES string of the molecule is CCOC(=O)CCNc1ccc(Cl)cc1Br. The van der Waals surface area contributed by atoms with E-state index in [-0.39, 0.29) is 5.97 Å². The van der Waals surface area contributed by atoms with Crippen LogP contribution in [0, 0.1) is 0 Å². The first-order valence-electron chi connectivity index (χ1n) is 4.98. The van der Waals surface area contributed by atoms with Crippen molar-refractivity contribution in [3.63, 3.8) is 0 Å². The van der Waals surface area contributed by atoms with Crippen molar-refractivity contribution in [1.82, 2.24) is 0 Å². The van der Waals surface area contributed by atoms with E-state index in [9.17, 15) is 4.79 Å². The second-order valence-electron chi connectivity index (χ2n) is 3.11. The number of nitrogens with one attached hydrogen (secondary N) is 1. The predicted molar refractivity (Wildman–Crippen MR) is 68.9 cm³/mol. The van der Waals surface area contributed by atoms with Gasteiger partial charge in [-0.1, -0.05) is 11.6 Å². The van der Waals surface area contributed by atoms with Gasteiger partial charge in [0.05, 0.1) is 13.0 Å². The van der Waals surface area contributed by atoms with Gasteiger partial charge in [-0.3, -0.25) is 4.79 Å². The van der Waals surface area contributed by atoms with Gasteiger partial charge in [0.1, 0.15) is 0 Å². The van der Waals surface area contributed by atoms with E-state index in [4.69, 9.17) is 16.3 Å². The molecule has 3 nitrogen and oxygen atoms in total. The minimum Gasteiger partial charge on any atom is -0.466 e. The Labute approximate surface area is 108 Å². The molecule has 16 heavy (non-hydrogen) atoms. The Morgan fingerprint density at radius 3 is 2.94 bits per heavy atom. The van der Waals surface area contributed by atoms with E-state index in [1.165, 1.54) is 0 Å². The molecule has 1 aromatic carbocycles. The lowest BCUT2D eigenvalue weighted by Crippen LogP contribution is -2.11. The van der Waals surface area contributed by atoms with Crippen LogP contribution in [0.3, 0.4) is 0 Å². The Morgan fingerprint density at radius 2 is 2.31 bits per heavy atom. The summed E-state index contributed by atoms with van der Waals surface area (Å²) in [5, 5.41) is 3.79. The van der Waals surface area contributed by atoms with Crippen molar-refractivity contribution in [1.29, 1.82) is 0 Å². The first-order valence-corrected chi connectivity index (χ1v) is 6.15. The van der Waals surface area contributed by atoms with Gasteiger partial charge in [0, 0.05) is 21.7 Å². The molecule has 0 aromatic heterocycles. The van der Waals surface area contributed by atoms with Crippen molar-refractivity contribution in [2.24, 2.45) is 0 Å². The van der Waals surface area contributed by atoms with Crippen LogP contribution in [0.25, 0.3) is 0 Å². The number of anilines is 1. The molecule has 0 bridgehead atoms. The minimum absolute atomic E-state index is 0.194. The number of carbonyl (C=O) groups is 1. The van der Waals surface area contributed by atoms with Gasteiger partial charge in [-0.05, 0) is 41.1 Å². The van der Waals surface area contributed by atoms with E-state index in [2.05, 4.69) is 21.2 Å². The van der Waals surface area contributed by atoms with Crippen LogP contribution < -0.4 is 5.32 Å². The molecule has 0 saturated carbocycles. The summed E-state index contributed by atoms with van der Waals surface area (Å²) in [5.41, 5.74) is 0.911. The smallest absolute Gasteiger partial charge is 0.307 e. The fraction of sp³-hybridized carbons (Fsp3) is 0.364. The van der Waals surface area contributed by atoms with Gasteiger partial charge in [0.2, 0.25) is 0 Å². The van der Waals surface area contributed by atoms with E-state index in [1.54, 1.807) is 19.1 Å². The van der Waals surface area contributed by atoms with Crippen LogP contribution in [0.2, 0.25) is 5.02 Å². The molecule has 0 aliphatic heterocycles. The second-order valence-corrected chi connectivity index (χ2v) is 4.40. The van der Waals surface area contributed by atoms with E-state index in [0.717, 1.165) is 10.2 Å². The number of hydrogen-bond donors (Lipinski definition) is 1. The normalized spacial score (nSPS) is 9.94. The molecule has 0 aliphatic carbocycles. The summed E-state index contributed by atoms with van der Waals surface area (Å²) >= 11 is 9.19. The Bertz CT molecular complexity index is 371. The Balaban J connectivity index is 2.40. The van der Waals surface area contributed by atoms with Gasteiger partial charge in [-0.25, -0.2) is 0 Å².